The highest BCUT2D eigenvalue weighted by atomic mass is 35.5. The van der Waals surface area contributed by atoms with Crippen LogP contribution in [0.2, 0.25) is 5.02 Å². The van der Waals surface area contributed by atoms with Gasteiger partial charge in [-0.25, -0.2) is 8.42 Å². The number of benzene rings is 1. The summed E-state index contributed by atoms with van der Waals surface area (Å²) < 4.78 is 28.4. The number of amides is 1. The van der Waals surface area contributed by atoms with Gasteiger partial charge in [0.05, 0.1) is 17.1 Å². The smallest absolute Gasteiger partial charge is 0.307 e. The Balaban J connectivity index is 2.53. The van der Waals surface area contributed by atoms with Gasteiger partial charge in [-0.2, -0.15) is 0 Å². The molecule has 8 heteroatoms. The fourth-order valence-electron chi connectivity index (χ4n) is 1.27. The molecule has 0 bridgehead atoms. The maximum atomic E-state index is 11.9. The van der Waals surface area contributed by atoms with Crippen LogP contribution in [-0.4, -0.2) is 39.7 Å². The molecule has 0 saturated carbocycles. The molecule has 1 N–H and O–H groups in total. The van der Waals surface area contributed by atoms with Crippen LogP contribution in [0.4, 0.5) is 0 Å². The third-order valence-electron chi connectivity index (χ3n) is 2.39. The van der Waals surface area contributed by atoms with Crippen molar-refractivity contribution in [1.29, 1.82) is 0 Å². The van der Waals surface area contributed by atoms with Crippen LogP contribution in [0.5, 0.6) is 0 Å². The lowest BCUT2D eigenvalue weighted by atomic mass is 10.4. The van der Waals surface area contributed by atoms with Crippen molar-refractivity contribution in [2.24, 2.45) is 0 Å². The summed E-state index contributed by atoms with van der Waals surface area (Å²) in [6, 6.07) is 5.65. The van der Waals surface area contributed by atoms with Crippen molar-refractivity contribution in [2.45, 2.75) is 11.3 Å². The zero-order valence-corrected chi connectivity index (χ0v) is 12.3. The van der Waals surface area contributed by atoms with Gasteiger partial charge in [0, 0.05) is 12.1 Å². The normalized spacial score (nSPS) is 10.9. The summed E-state index contributed by atoms with van der Waals surface area (Å²) in [4.78, 5) is 22.2. The molecule has 0 aliphatic heterocycles. The molecule has 1 amide bonds. The van der Waals surface area contributed by atoms with Crippen LogP contribution in [0.15, 0.2) is 29.2 Å². The van der Waals surface area contributed by atoms with Crippen molar-refractivity contribution in [3.05, 3.63) is 29.3 Å². The van der Waals surface area contributed by atoms with Gasteiger partial charge >= 0.3 is 5.97 Å². The Bertz CT molecular complexity index is 582. The summed E-state index contributed by atoms with van der Waals surface area (Å²) in [7, 11) is -2.17. The van der Waals surface area contributed by atoms with Crippen LogP contribution in [0.1, 0.15) is 6.42 Å². The number of esters is 1. The summed E-state index contributed by atoms with van der Waals surface area (Å²) in [5, 5.41) is 2.70. The molecule has 0 unspecified atom stereocenters. The predicted octanol–water partition coefficient (Wildman–Crippen LogP) is 0.793. The minimum atomic E-state index is -3.58. The van der Waals surface area contributed by atoms with Gasteiger partial charge < -0.3 is 10.1 Å². The minimum absolute atomic E-state index is 0.0843. The summed E-state index contributed by atoms with van der Waals surface area (Å²) in [5.74, 6) is -1.59. The lowest BCUT2D eigenvalue weighted by molar-refractivity contribution is -0.148. The number of sulfone groups is 1. The van der Waals surface area contributed by atoms with Crippen LogP contribution in [0.3, 0.4) is 0 Å². The van der Waals surface area contributed by atoms with Gasteiger partial charge in [-0.1, -0.05) is 11.6 Å². The minimum Gasteiger partial charge on any atom is -0.456 e. The molecule has 20 heavy (non-hydrogen) atoms. The summed E-state index contributed by atoms with van der Waals surface area (Å²) in [5.41, 5.74) is 0. The van der Waals surface area contributed by atoms with Crippen LogP contribution >= 0.6 is 11.6 Å². The highest BCUT2D eigenvalue weighted by molar-refractivity contribution is 7.91. The quantitative estimate of drug-likeness (QED) is 0.783. The van der Waals surface area contributed by atoms with Crippen LogP contribution in [0.25, 0.3) is 0 Å². The lowest BCUT2D eigenvalue weighted by Gasteiger charge is -2.05. The average molecular weight is 320 g/mol. The van der Waals surface area contributed by atoms with Crippen LogP contribution in [0, 0.1) is 0 Å². The van der Waals surface area contributed by atoms with E-state index in [9.17, 15) is 18.0 Å². The SMILES string of the molecule is CNC(=O)COC(=O)CCS(=O)(=O)c1ccc(Cl)cc1. The number of nitrogens with one attached hydrogen (secondary N) is 1. The van der Waals surface area contributed by atoms with E-state index in [0.29, 0.717) is 5.02 Å². The number of carbonyl (C=O) groups is 2. The highest BCUT2D eigenvalue weighted by Crippen LogP contribution is 2.16. The van der Waals surface area contributed by atoms with E-state index in [2.05, 4.69) is 10.1 Å². The first-order valence-electron chi connectivity index (χ1n) is 5.69. The van der Waals surface area contributed by atoms with Gasteiger partial charge in [-0.15, -0.1) is 0 Å². The molecule has 0 saturated heterocycles. The lowest BCUT2D eigenvalue weighted by Crippen LogP contribution is -2.25. The monoisotopic (exact) mass is 319 g/mol. The van der Waals surface area contributed by atoms with E-state index >= 15 is 0 Å². The zero-order valence-electron chi connectivity index (χ0n) is 10.8. The Kier molecular flexibility index (Phi) is 5.97. The second-order valence-corrected chi connectivity index (χ2v) is 6.40. The fraction of sp³-hybridized carbons (Fsp3) is 0.333. The topological polar surface area (TPSA) is 89.5 Å². The van der Waals surface area contributed by atoms with E-state index in [1.807, 2.05) is 0 Å². The molecule has 0 atom stereocenters. The van der Waals surface area contributed by atoms with Crippen molar-refractivity contribution in [2.75, 3.05) is 19.4 Å². The first-order valence-corrected chi connectivity index (χ1v) is 7.72. The molecule has 6 nitrogen and oxygen atoms in total. The first kappa shape index (κ1) is 16.5. The molecule has 0 fully saturated rings. The Morgan fingerprint density at radius 2 is 1.85 bits per heavy atom. The summed E-state index contributed by atoms with van der Waals surface area (Å²) in [6.07, 6.45) is -0.318. The standard InChI is InChI=1S/C12H14ClNO5S/c1-14-11(15)8-19-12(16)6-7-20(17,18)10-4-2-9(13)3-5-10/h2-5H,6-8H2,1H3,(H,14,15). The molecular formula is C12H14ClNO5S. The Hall–Kier alpha value is -1.60. The van der Waals surface area contributed by atoms with Gasteiger partial charge in [-0.3, -0.25) is 9.59 Å². The van der Waals surface area contributed by atoms with Crippen molar-refractivity contribution in [3.8, 4) is 0 Å². The van der Waals surface area contributed by atoms with Gasteiger partial charge in [-0.05, 0) is 24.3 Å². The molecule has 1 aromatic rings. The molecule has 0 aliphatic rings. The maximum absolute atomic E-state index is 11.9. The maximum Gasteiger partial charge on any atom is 0.307 e. The van der Waals surface area contributed by atoms with E-state index in [4.69, 9.17) is 11.6 Å². The van der Waals surface area contributed by atoms with Crippen LogP contribution < -0.4 is 5.32 Å². The number of rotatable bonds is 6. The van der Waals surface area contributed by atoms with Gasteiger partial charge in [0.25, 0.3) is 5.91 Å². The molecular weight excluding hydrogens is 306 g/mol. The Morgan fingerprint density at radius 3 is 2.40 bits per heavy atom. The summed E-state index contributed by atoms with van der Waals surface area (Å²) in [6.45, 7) is -0.420. The molecule has 0 spiro atoms. The molecule has 0 radical (unpaired) electrons. The number of likely N-dealkylation sites (N-methyl/N-ethyl adjacent to an activating group) is 1. The molecule has 1 rings (SSSR count). The number of hydrogen-bond donors (Lipinski definition) is 1. The van der Waals surface area contributed by atoms with Gasteiger partial charge in [0.2, 0.25) is 0 Å². The Morgan fingerprint density at radius 1 is 1.25 bits per heavy atom. The highest BCUT2D eigenvalue weighted by Gasteiger charge is 2.17. The second-order valence-electron chi connectivity index (χ2n) is 3.86. The number of ether oxygens (including phenoxy) is 1. The van der Waals surface area contributed by atoms with E-state index in [1.165, 1.54) is 31.3 Å². The number of hydrogen-bond acceptors (Lipinski definition) is 5. The second kappa shape index (κ2) is 7.25. The van der Waals surface area contributed by atoms with Crippen LogP contribution in [-0.2, 0) is 24.2 Å². The third-order valence-corrected chi connectivity index (χ3v) is 4.37. The van der Waals surface area contributed by atoms with Crippen molar-refractivity contribution < 1.29 is 22.7 Å². The Labute approximate surface area is 122 Å². The van der Waals surface area contributed by atoms with Crippen molar-refractivity contribution in [3.63, 3.8) is 0 Å². The van der Waals surface area contributed by atoms with E-state index in [1.54, 1.807) is 0 Å². The predicted molar refractivity (Wildman–Crippen MR) is 73.1 cm³/mol. The van der Waals surface area contributed by atoms with E-state index < -0.39 is 28.3 Å². The molecule has 0 heterocycles. The largest absolute Gasteiger partial charge is 0.456 e. The van der Waals surface area contributed by atoms with E-state index in [0.717, 1.165) is 0 Å². The third kappa shape index (κ3) is 5.18. The van der Waals surface area contributed by atoms with Gasteiger partial charge in [0.1, 0.15) is 0 Å². The molecule has 1 aromatic carbocycles. The zero-order chi connectivity index (χ0) is 15.2. The fourth-order valence-corrected chi connectivity index (χ4v) is 2.62. The van der Waals surface area contributed by atoms with Crippen molar-refractivity contribution in [1.82, 2.24) is 5.32 Å². The molecule has 110 valence electrons. The molecule has 0 aliphatic carbocycles. The first-order chi connectivity index (χ1) is 9.35. The number of halogens is 1. The number of carbonyl (C=O) groups excluding carboxylic acids is 2. The van der Waals surface area contributed by atoms with Crippen molar-refractivity contribution >= 4 is 33.3 Å². The molecule has 0 aromatic heterocycles. The van der Waals surface area contributed by atoms with E-state index in [-0.39, 0.29) is 17.1 Å². The summed E-state index contributed by atoms with van der Waals surface area (Å²) >= 11 is 5.67. The van der Waals surface area contributed by atoms with Gasteiger partial charge in [0.15, 0.2) is 16.4 Å². The average Bonchev–Trinajstić information content (AvgIpc) is 2.43.